The molecule has 0 saturated carbocycles. The first-order valence-electron chi connectivity index (χ1n) is 7.16. The predicted molar refractivity (Wildman–Crippen MR) is 82.2 cm³/mol. The van der Waals surface area contributed by atoms with Crippen LogP contribution in [0.5, 0.6) is 0 Å². The molecule has 1 N–H and O–H groups in total. The largest absolute Gasteiger partial charge is 0.311 e. The lowest BCUT2D eigenvalue weighted by molar-refractivity contribution is 0.0952. The maximum atomic E-state index is 12.4. The van der Waals surface area contributed by atoms with Crippen LogP contribution in [0.4, 0.5) is 0 Å². The fraction of sp³-hybridized carbons (Fsp3) is 0.353. The number of hydrogen-bond donors (Lipinski definition) is 1. The standard InChI is InChI=1S/C17H20N2O/c1-19-9-8-18-16(12-19)11-17(20)15-7-6-13-4-2-3-5-14(13)10-15/h2-7,10,16,18H,8-9,11-12H2,1H3. The quantitative estimate of drug-likeness (QED) is 0.867. The minimum atomic E-state index is 0.226. The highest BCUT2D eigenvalue weighted by molar-refractivity contribution is 6.00. The van der Waals surface area contributed by atoms with E-state index >= 15 is 0 Å². The number of nitrogens with zero attached hydrogens (tertiary/aromatic N) is 1. The highest BCUT2D eigenvalue weighted by Gasteiger charge is 2.20. The molecule has 104 valence electrons. The van der Waals surface area contributed by atoms with Crippen molar-refractivity contribution < 1.29 is 4.79 Å². The van der Waals surface area contributed by atoms with Gasteiger partial charge in [0, 0.05) is 37.7 Å². The average Bonchev–Trinajstić information content (AvgIpc) is 2.47. The number of Topliss-reactive ketones (excluding diaryl/α,β-unsaturated/α-hetero) is 1. The number of fused-ring (bicyclic) bond motifs is 1. The molecule has 1 saturated heterocycles. The molecule has 1 fully saturated rings. The van der Waals surface area contributed by atoms with Gasteiger partial charge in [-0.2, -0.15) is 0 Å². The summed E-state index contributed by atoms with van der Waals surface area (Å²) in [6.45, 7) is 2.96. The second-order valence-corrected chi connectivity index (χ2v) is 5.60. The highest BCUT2D eigenvalue weighted by Crippen LogP contribution is 2.17. The molecule has 0 amide bonds. The Labute approximate surface area is 119 Å². The molecular formula is C17H20N2O. The van der Waals surface area contributed by atoms with Crippen LogP contribution in [0.3, 0.4) is 0 Å². The van der Waals surface area contributed by atoms with Crippen molar-refractivity contribution in [3.05, 3.63) is 48.0 Å². The monoisotopic (exact) mass is 268 g/mol. The lowest BCUT2D eigenvalue weighted by Crippen LogP contribution is -2.49. The van der Waals surface area contributed by atoms with Crippen LogP contribution in [0.2, 0.25) is 0 Å². The van der Waals surface area contributed by atoms with Gasteiger partial charge >= 0.3 is 0 Å². The van der Waals surface area contributed by atoms with Crippen LogP contribution < -0.4 is 5.32 Å². The molecule has 2 aromatic carbocycles. The van der Waals surface area contributed by atoms with Crippen LogP contribution in [0, 0.1) is 0 Å². The van der Waals surface area contributed by atoms with Crippen molar-refractivity contribution >= 4 is 16.6 Å². The maximum Gasteiger partial charge on any atom is 0.164 e. The second kappa shape index (κ2) is 5.73. The molecule has 3 nitrogen and oxygen atoms in total. The van der Waals surface area contributed by atoms with E-state index < -0.39 is 0 Å². The predicted octanol–water partition coefficient (Wildman–Crippen LogP) is 2.32. The van der Waals surface area contributed by atoms with E-state index in [0.717, 1.165) is 30.6 Å². The van der Waals surface area contributed by atoms with E-state index in [4.69, 9.17) is 0 Å². The summed E-state index contributed by atoms with van der Waals surface area (Å²) in [5.74, 6) is 0.226. The summed E-state index contributed by atoms with van der Waals surface area (Å²) in [6, 6.07) is 14.4. The number of carbonyl (C=O) groups excluding carboxylic acids is 1. The Morgan fingerprint density at radius 1 is 1.25 bits per heavy atom. The van der Waals surface area contributed by atoms with Gasteiger partial charge in [-0.1, -0.05) is 36.4 Å². The minimum Gasteiger partial charge on any atom is -0.311 e. The lowest BCUT2D eigenvalue weighted by atomic mass is 9.99. The van der Waals surface area contributed by atoms with Crippen LogP contribution in [-0.4, -0.2) is 43.4 Å². The van der Waals surface area contributed by atoms with Gasteiger partial charge in [0.2, 0.25) is 0 Å². The first-order valence-corrected chi connectivity index (χ1v) is 7.16. The third-order valence-electron chi connectivity index (χ3n) is 3.96. The summed E-state index contributed by atoms with van der Waals surface area (Å²) < 4.78 is 0. The van der Waals surface area contributed by atoms with Crippen LogP contribution in [0.1, 0.15) is 16.8 Å². The first kappa shape index (κ1) is 13.3. The number of piperazine rings is 1. The van der Waals surface area contributed by atoms with E-state index in [1.807, 2.05) is 30.3 Å². The summed E-state index contributed by atoms with van der Waals surface area (Å²) in [5.41, 5.74) is 0.818. The van der Waals surface area contributed by atoms with E-state index in [2.05, 4.69) is 29.4 Å². The molecule has 1 aliphatic rings. The molecule has 20 heavy (non-hydrogen) atoms. The zero-order valence-corrected chi connectivity index (χ0v) is 11.8. The van der Waals surface area contributed by atoms with E-state index in [0.29, 0.717) is 6.42 Å². The zero-order valence-electron chi connectivity index (χ0n) is 11.8. The fourth-order valence-corrected chi connectivity index (χ4v) is 2.83. The summed E-state index contributed by atoms with van der Waals surface area (Å²) in [5, 5.41) is 5.74. The number of ketones is 1. The molecule has 1 atom stereocenters. The summed E-state index contributed by atoms with van der Waals surface area (Å²) in [7, 11) is 2.11. The number of likely N-dealkylation sites (N-methyl/N-ethyl adjacent to an activating group) is 1. The molecule has 1 heterocycles. The Balaban J connectivity index is 1.75. The van der Waals surface area contributed by atoms with E-state index in [-0.39, 0.29) is 11.8 Å². The topological polar surface area (TPSA) is 32.3 Å². The molecule has 2 aromatic rings. The van der Waals surface area contributed by atoms with Crippen molar-refractivity contribution in [2.24, 2.45) is 0 Å². The summed E-state index contributed by atoms with van der Waals surface area (Å²) in [4.78, 5) is 14.7. The Morgan fingerprint density at radius 3 is 2.85 bits per heavy atom. The molecule has 0 spiro atoms. The lowest BCUT2D eigenvalue weighted by Gasteiger charge is -2.30. The van der Waals surface area contributed by atoms with Gasteiger partial charge in [0.05, 0.1) is 0 Å². The number of nitrogens with one attached hydrogen (secondary N) is 1. The Hall–Kier alpha value is -1.71. The SMILES string of the molecule is CN1CCNC(CC(=O)c2ccc3ccccc3c2)C1. The molecule has 3 heteroatoms. The second-order valence-electron chi connectivity index (χ2n) is 5.60. The van der Waals surface area contributed by atoms with Crippen LogP contribution in [0.25, 0.3) is 10.8 Å². The van der Waals surface area contributed by atoms with Gasteiger partial charge in [-0.15, -0.1) is 0 Å². The van der Waals surface area contributed by atoms with Crippen molar-refractivity contribution in [2.75, 3.05) is 26.7 Å². The molecule has 3 rings (SSSR count). The first-order chi connectivity index (χ1) is 9.72. The number of rotatable bonds is 3. The van der Waals surface area contributed by atoms with Gasteiger partial charge in [0.1, 0.15) is 0 Å². The Morgan fingerprint density at radius 2 is 2.05 bits per heavy atom. The van der Waals surface area contributed by atoms with Crippen molar-refractivity contribution in [2.45, 2.75) is 12.5 Å². The minimum absolute atomic E-state index is 0.226. The number of carbonyl (C=O) groups is 1. The third kappa shape index (κ3) is 2.89. The van der Waals surface area contributed by atoms with Gasteiger partial charge in [-0.05, 0) is 23.9 Å². The number of benzene rings is 2. The van der Waals surface area contributed by atoms with Crippen molar-refractivity contribution in [1.82, 2.24) is 10.2 Å². The van der Waals surface area contributed by atoms with Crippen molar-refractivity contribution in [3.63, 3.8) is 0 Å². The van der Waals surface area contributed by atoms with Crippen molar-refractivity contribution in [3.8, 4) is 0 Å². The zero-order chi connectivity index (χ0) is 13.9. The van der Waals surface area contributed by atoms with Gasteiger partial charge < -0.3 is 10.2 Å². The van der Waals surface area contributed by atoms with Gasteiger partial charge in [-0.25, -0.2) is 0 Å². The Kier molecular flexibility index (Phi) is 3.81. The summed E-state index contributed by atoms with van der Waals surface area (Å²) in [6.07, 6.45) is 0.572. The number of hydrogen-bond acceptors (Lipinski definition) is 3. The molecule has 0 aromatic heterocycles. The molecule has 1 aliphatic heterocycles. The molecular weight excluding hydrogens is 248 g/mol. The van der Waals surface area contributed by atoms with Crippen molar-refractivity contribution in [1.29, 1.82) is 0 Å². The molecule has 0 aliphatic carbocycles. The smallest absolute Gasteiger partial charge is 0.164 e. The highest BCUT2D eigenvalue weighted by atomic mass is 16.1. The van der Waals surface area contributed by atoms with E-state index in [1.54, 1.807) is 0 Å². The third-order valence-corrected chi connectivity index (χ3v) is 3.96. The fourth-order valence-electron chi connectivity index (χ4n) is 2.83. The van der Waals surface area contributed by atoms with Crippen LogP contribution in [-0.2, 0) is 0 Å². The molecule has 1 unspecified atom stereocenters. The Bertz CT molecular complexity index is 623. The van der Waals surface area contributed by atoms with E-state index in [1.165, 1.54) is 5.39 Å². The molecule has 0 radical (unpaired) electrons. The average molecular weight is 268 g/mol. The molecule has 0 bridgehead atoms. The van der Waals surface area contributed by atoms with E-state index in [9.17, 15) is 4.79 Å². The maximum absolute atomic E-state index is 12.4. The summed E-state index contributed by atoms with van der Waals surface area (Å²) >= 11 is 0. The van der Waals surface area contributed by atoms with Gasteiger partial charge in [0.25, 0.3) is 0 Å². The normalized spacial score (nSPS) is 20.1. The van der Waals surface area contributed by atoms with Crippen LogP contribution in [0.15, 0.2) is 42.5 Å². The van der Waals surface area contributed by atoms with Gasteiger partial charge in [0.15, 0.2) is 5.78 Å². The van der Waals surface area contributed by atoms with Gasteiger partial charge in [-0.3, -0.25) is 4.79 Å². The van der Waals surface area contributed by atoms with Crippen LogP contribution >= 0.6 is 0 Å².